The van der Waals surface area contributed by atoms with Crippen LogP contribution >= 0.6 is 12.4 Å². The van der Waals surface area contributed by atoms with E-state index in [-0.39, 0.29) is 18.3 Å². The molecule has 1 aromatic rings. The molecule has 2 rings (SSSR count). The molecule has 0 radical (unpaired) electrons. The van der Waals surface area contributed by atoms with Crippen molar-refractivity contribution < 1.29 is 9.53 Å². The van der Waals surface area contributed by atoms with Gasteiger partial charge in [0.25, 0.3) is 5.91 Å². The minimum Gasteiger partial charge on any atom is -0.398 e. The molecule has 1 amide bonds. The highest BCUT2D eigenvalue weighted by Gasteiger charge is 2.25. The molecule has 1 atom stereocenters. The quantitative estimate of drug-likeness (QED) is 0.869. The van der Waals surface area contributed by atoms with Gasteiger partial charge in [0.05, 0.1) is 12.2 Å². The number of anilines is 1. The summed E-state index contributed by atoms with van der Waals surface area (Å²) in [5.74, 6) is 0.488. The van der Waals surface area contributed by atoms with E-state index in [9.17, 15) is 4.79 Å². The second kappa shape index (κ2) is 8.12. The molecule has 1 heterocycles. The number of nitrogens with two attached hydrogens (primary N) is 1. The number of likely N-dealkylation sites (tertiary alicyclic amines) is 1. The lowest BCUT2D eigenvalue weighted by atomic mass is 9.98. The SMILES string of the molecule is CCOCC1CCCN(C(=O)c2ccccc2N)C1.Cl. The minimum absolute atomic E-state index is 0. The van der Waals surface area contributed by atoms with Crippen LogP contribution < -0.4 is 5.73 Å². The van der Waals surface area contributed by atoms with Crippen molar-refractivity contribution in [2.75, 3.05) is 32.0 Å². The predicted molar refractivity (Wildman–Crippen MR) is 83.2 cm³/mol. The number of carbonyl (C=O) groups excluding carboxylic acids is 1. The Labute approximate surface area is 126 Å². The second-order valence-corrected chi connectivity index (χ2v) is 5.01. The number of para-hydroxylation sites is 1. The van der Waals surface area contributed by atoms with Crippen molar-refractivity contribution in [1.82, 2.24) is 4.90 Å². The highest BCUT2D eigenvalue weighted by atomic mass is 35.5. The number of carbonyl (C=O) groups is 1. The van der Waals surface area contributed by atoms with Crippen LogP contribution in [0.3, 0.4) is 0 Å². The van der Waals surface area contributed by atoms with Crippen molar-refractivity contribution in [2.45, 2.75) is 19.8 Å². The van der Waals surface area contributed by atoms with Crippen LogP contribution in [0.15, 0.2) is 24.3 Å². The van der Waals surface area contributed by atoms with Gasteiger partial charge in [0.2, 0.25) is 0 Å². The Hall–Kier alpha value is -1.26. The summed E-state index contributed by atoms with van der Waals surface area (Å²) in [7, 11) is 0. The fourth-order valence-corrected chi connectivity index (χ4v) is 2.53. The Morgan fingerprint density at radius 2 is 2.20 bits per heavy atom. The third-order valence-electron chi connectivity index (χ3n) is 3.56. The van der Waals surface area contributed by atoms with Crippen LogP contribution in [0.25, 0.3) is 0 Å². The molecule has 20 heavy (non-hydrogen) atoms. The molecule has 1 unspecified atom stereocenters. The van der Waals surface area contributed by atoms with Crippen molar-refractivity contribution in [3.05, 3.63) is 29.8 Å². The number of rotatable bonds is 4. The van der Waals surface area contributed by atoms with Crippen LogP contribution in [0, 0.1) is 5.92 Å². The number of halogens is 1. The number of hydrogen-bond donors (Lipinski definition) is 1. The topological polar surface area (TPSA) is 55.6 Å². The zero-order chi connectivity index (χ0) is 13.7. The maximum atomic E-state index is 12.4. The molecular weight excluding hydrogens is 276 g/mol. The molecule has 1 aliphatic rings. The van der Waals surface area contributed by atoms with Gasteiger partial charge in [-0.3, -0.25) is 4.79 Å². The molecule has 112 valence electrons. The van der Waals surface area contributed by atoms with E-state index < -0.39 is 0 Å². The summed E-state index contributed by atoms with van der Waals surface area (Å²) in [6.45, 7) is 5.06. The lowest BCUT2D eigenvalue weighted by Crippen LogP contribution is -2.41. The molecule has 0 aliphatic carbocycles. The zero-order valence-electron chi connectivity index (χ0n) is 11.9. The second-order valence-electron chi connectivity index (χ2n) is 5.01. The highest BCUT2D eigenvalue weighted by molar-refractivity contribution is 5.99. The van der Waals surface area contributed by atoms with Crippen LogP contribution in [0.4, 0.5) is 5.69 Å². The number of ether oxygens (including phenoxy) is 1. The Morgan fingerprint density at radius 3 is 2.90 bits per heavy atom. The predicted octanol–water partition coefficient (Wildman–Crippen LogP) is 2.58. The first-order valence-electron chi connectivity index (χ1n) is 6.94. The van der Waals surface area contributed by atoms with Gasteiger partial charge in [-0.1, -0.05) is 12.1 Å². The van der Waals surface area contributed by atoms with E-state index in [4.69, 9.17) is 10.5 Å². The van der Waals surface area contributed by atoms with Crippen LogP contribution in [0.2, 0.25) is 0 Å². The number of hydrogen-bond acceptors (Lipinski definition) is 3. The molecule has 1 aromatic carbocycles. The third-order valence-corrected chi connectivity index (χ3v) is 3.56. The van der Waals surface area contributed by atoms with Gasteiger partial charge in [-0.2, -0.15) is 0 Å². The van der Waals surface area contributed by atoms with Crippen LogP contribution in [0.1, 0.15) is 30.1 Å². The number of piperidine rings is 1. The molecule has 1 aliphatic heterocycles. The summed E-state index contributed by atoms with van der Waals surface area (Å²) >= 11 is 0. The zero-order valence-corrected chi connectivity index (χ0v) is 12.7. The summed E-state index contributed by atoms with van der Waals surface area (Å²) < 4.78 is 5.47. The average molecular weight is 299 g/mol. The Kier molecular flexibility index (Phi) is 6.82. The van der Waals surface area contributed by atoms with E-state index in [0.717, 1.165) is 39.1 Å². The van der Waals surface area contributed by atoms with Gasteiger partial charge in [0, 0.05) is 25.4 Å². The molecular formula is C15H23ClN2O2. The van der Waals surface area contributed by atoms with E-state index in [2.05, 4.69) is 0 Å². The van der Waals surface area contributed by atoms with Gasteiger partial charge in [0.15, 0.2) is 0 Å². The Balaban J connectivity index is 0.00000200. The van der Waals surface area contributed by atoms with E-state index in [1.165, 1.54) is 0 Å². The molecule has 1 fully saturated rings. The first-order chi connectivity index (χ1) is 9.22. The van der Waals surface area contributed by atoms with Gasteiger partial charge in [-0.05, 0) is 37.8 Å². The first kappa shape index (κ1) is 16.8. The Bertz CT molecular complexity index is 440. The van der Waals surface area contributed by atoms with E-state index in [0.29, 0.717) is 17.2 Å². The molecule has 2 N–H and O–H groups in total. The average Bonchev–Trinajstić information content (AvgIpc) is 2.45. The van der Waals surface area contributed by atoms with E-state index >= 15 is 0 Å². The smallest absolute Gasteiger partial charge is 0.255 e. The first-order valence-corrected chi connectivity index (χ1v) is 6.94. The molecule has 0 saturated carbocycles. The molecule has 1 saturated heterocycles. The van der Waals surface area contributed by atoms with E-state index in [1.54, 1.807) is 12.1 Å². The highest BCUT2D eigenvalue weighted by Crippen LogP contribution is 2.21. The number of nitrogen functional groups attached to an aromatic ring is 1. The molecule has 4 nitrogen and oxygen atoms in total. The normalized spacial score (nSPS) is 18.4. The third kappa shape index (κ3) is 4.12. The van der Waals surface area contributed by atoms with Crippen molar-refractivity contribution >= 4 is 24.0 Å². The fraction of sp³-hybridized carbons (Fsp3) is 0.533. The van der Waals surface area contributed by atoms with Crippen molar-refractivity contribution in [3.8, 4) is 0 Å². The van der Waals surface area contributed by atoms with Gasteiger partial charge in [0.1, 0.15) is 0 Å². The van der Waals surface area contributed by atoms with E-state index in [1.807, 2.05) is 24.0 Å². The van der Waals surface area contributed by atoms with Gasteiger partial charge < -0.3 is 15.4 Å². The largest absolute Gasteiger partial charge is 0.398 e. The number of nitrogens with zero attached hydrogens (tertiary/aromatic N) is 1. The standard InChI is InChI=1S/C15H22N2O2.ClH/c1-2-19-11-12-6-5-9-17(10-12)15(18)13-7-3-4-8-14(13)16;/h3-4,7-8,12H,2,5-6,9-11,16H2,1H3;1H. The maximum absolute atomic E-state index is 12.4. The molecule has 5 heteroatoms. The van der Waals surface area contributed by atoms with Crippen LogP contribution in [-0.2, 0) is 4.74 Å². The molecule has 0 spiro atoms. The number of benzene rings is 1. The van der Waals surface area contributed by atoms with Crippen molar-refractivity contribution in [1.29, 1.82) is 0 Å². The number of amides is 1. The minimum atomic E-state index is 0. The Morgan fingerprint density at radius 1 is 1.45 bits per heavy atom. The van der Waals surface area contributed by atoms with Gasteiger partial charge in [-0.15, -0.1) is 12.4 Å². The summed E-state index contributed by atoms with van der Waals surface area (Å²) in [4.78, 5) is 14.3. The molecule has 0 bridgehead atoms. The van der Waals surface area contributed by atoms with Crippen molar-refractivity contribution in [3.63, 3.8) is 0 Å². The summed E-state index contributed by atoms with van der Waals surface area (Å²) in [5, 5.41) is 0. The lowest BCUT2D eigenvalue weighted by molar-refractivity contribution is 0.0502. The monoisotopic (exact) mass is 298 g/mol. The summed E-state index contributed by atoms with van der Waals surface area (Å²) in [6, 6.07) is 7.27. The van der Waals surface area contributed by atoms with Crippen LogP contribution in [0.5, 0.6) is 0 Å². The lowest BCUT2D eigenvalue weighted by Gasteiger charge is -2.32. The van der Waals surface area contributed by atoms with Crippen molar-refractivity contribution in [2.24, 2.45) is 5.92 Å². The summed E-state index contributed by atoms with van der Waals surface area (Å²) in [5.41, 5.74) is 7.04. The van der Waals surface area contributed by atoms with Gasteiger partial charge >= 0.3 is 0 Å². The summed E-state index contributed by atoms with van der Waals surface area (Å²) in [6.07, 6.45) is 2.17. The fourth-order valence-electron chi connectivity index (χ4n) is 2.53. The van der Waals surface area contributed by atoms with Gasteiger partial charge in [-0.25, -0.2) is 0 Å². The maximum Gasteiger partial charge on any atom is 0.255 e. The van der Waals surface area contributed by atoms with Crippen LogP contribution in [-0.4, -0.2) is 37.1 Å². The molecule has 0 aromatic heterocycles.